The largest absolute Gasteiger partial charge is 0.488 e. The lowest BCUT2D eigenvalue weighted by Crippen LogP contribution is -2.37. The van der Waals surface area contributed by atoms with E-state index in [0.29, 0.717) is 5.75 Å². The van der Waals surface area contributed by atoms with Crippen LogP contribution in [0.5, 0.6) is 5.75 Å². The molecule has 25 heavy (non-hydrogen) atoms. The summed E-state index contributed by atoms with van der Waals surface area (Å²) >= 11 is 3.42. The van der Waals surface area contributed by atoms with Crippen LogP contribution in [-0.2, 0) is 16.1 Å². The second-order valence-electron chi connectivity index (χ2n) is 4.86. The van der Waals surface area contributed by atoms with E-state index in [1.54, 1.807) is 23.5 Å². The van der Waals surface area contributed by atoms with Crippen LogP contribution in [0, 0.1) is 0 Å². The number of esters is 1. The number of primary amides is 1. The summed E-state index contributed by atoms with van der Waals surface area (Å²) in [5, 5.41) is 1.80. The monoisotopic (exact) mass is 406 g/mol. The van der Waals surface area contributed by atoms with Gasteiger partial charge in [-0.25, -0.2) is 9.59 Å². The highest BCUT2D eigenvalue weighted by Gasteiger charge is 2.16. The Morgan fingerprint density at radius 3 is 2.44 bits per heavy atom. The molecule has 3 amide bonds. The summed E-state index contributed by atoms with van der Waals surface area (Å²) in [6, 6.07) is 13.0. The zero-order valence-corrected chi connectivity index (χ0v) is 14.6. The molecule has 2 aromatic carbocycles. The van der Waals surface area contributed by atoms with Gasteiger partial charge >= 0.3 is 12.0 Å². The van der Waals surface area contributed by atoms with E-state index in [0.717, 1.165) is 10.0 Å². The Kier molecular flexibility index (Phi) is 6.53. The summed E-state index contributed by atoms with van der Waals surface area (Å²) in [5.41, 5.74) is 5.88. The minimum absolute atomic E-state index is 0.168. The average Bonchev–Trinajstić information content (AvgIpc) is 2.58. The Labute approximate surface area is 152 Å². The number of imide groups is 1. The number of nitrogens with two attached hydrogens (primary N) is 1. The molecule has 0 saturated heterocycles. The smallest absolute Gasteiger partial charge is 0.342 e. The number of urea groups is 1. The molecule has 2 aromatic rings. The highest BCUT2D eigenvalue weighted by atomic mass is 79.9. The zero-order valence-electron chi connectivity index (χ0n) is 13.0. The van der Waals surface area contributed by atoms with Crippen molar-refractivity contribution < 1.29 is 23.9 Å². The normalized spacial score (nSPS) is 9.96. The molecule has 0 atom stereocenters. The topological polar surface area (TPSA) is 108 Å². The Hall–Kier alpha value is -2.87. The maximum atomic E-state index is 12.1. The second-order valence-corrected chi connectivity index (χ2v) is 5.72. The fourth-order valence-corrected chi connectivity index (χ4v) is 2.31. The lowest BCUT2D eigenvalue weighted by atomic mass is 10.2. The molecule has 0 aromatic heterocycles. The number of hydrogen-bond acceptors (Lipinski definition) is 5. The van der Waals surface area contributed by atoms with Gasteiger partial charge in [-0.15, -0.1) is 0 Å². The number of ether oxygens (including phenoxy) is 2. The van der Waals surface area contributed by atoms with Gasteiger partial charge in [0.25, 0.3) is 5.91 Å². The quantitative estimate of drug-likeness (QED) is 0.715. The van der Waals surface area contributed by atoms with Gasteiger partial charge in [0, 0.05) is 10.0 Å². The minimum atomic E-state index is -1.02. The van der Waals surface area contributed by atoms with Crippen molar-refractivity contribution in [2.24, 2.45) is 5.73 Å². The molecule has 2 rings (SSSR count). The number of nitrogens with one attached hydrogen (secondary N) is 1. The van der Waals surface area contributed by atoms with Crippen LogP contribution in [0.15, 0.2) is 53.0 Å². The fraction of sp³-hybridized carbons (Fsp3) is 0.118. The van der Waals surface area contributed by atoms with Crippen LogP contribution in [0.25, 0.3) is 0 Å². The molecule has 0 aliphatic carbocycles. The summed E-state index contributed by atoms with van der Waals surface area (Å²) in [7, 11) is 0. The van der Waals surface area contributed by atoms with Gasteiger partial charge in [0.15, 0.2) is 6.61 Å². The highest BCUT2D eigenvalue weighted by molar-refractivity contribution is 9.10. The first-order valence-corrected chi connectivity index (χ1v) is 7.98. The predicted molar refractivity (Wildman–Crippen MR) is 92.9 cm³/mol. The Balaban J connectivity index is 2.02. The van der Waals surface area contributed by atoms with E-state index in [-0.39, 0.29) is 12.2 Å². The van der Waals surface area contributed by atoms with E-state index in [1.807, 2.05) is 24.3 Å². The van der Waals surface area contributed by atoms with Gasteiger partial charge in [-0.05, 0) is 18.2 Å². The number of carbonyl (C=O) groups excluding carboxylic acids is 3. The number of para-hydroxylation sites is 1. The van der Waals surface area contributed by atoms with E-state index < -0.39 is 24.5 Å². The summed E-state index contributed by atoms with van der Waals surface area (Å²) in [5.74, 6) is -1.24. The molecule has 0 saturated carbocycles. The van der Waals surface area contributed by atoms with Crippen LogP contribution in [-0.4, -0.2) is 24.5 Å². The van der Waals surface area contributed by atoms with Crippen LogP contribution in [0.3, 0.4) is 0 Å². The van der Waals surface area contributed by atoms with Crippen LogP contribution < -0.4 is 15.8 Å². The van der Waals surface area contributed by atoms with E-state index in [1.165, 1.54) is 6.07 Å². The predicted octanol–water partition coefficient (Wildman–Crippen LogP) is 2.38. The number of rotatable bonds is 6. The van der Waals surface area contributed by atoms with Crippen molar-refractivity contribution in [2.45, 2.75) is 6.61 Å². The number of carbonyl (C=O) groups is 3. The molecule has 0 unspecified atom stereocenters. The first-order chi connectivity index (χ1) is 12.0. The standard InChI is InChI=1S/C17H15BrN2O5/c18-13-7-3-1-5-11(13)9-24-14-8-4-2-6-12(14)16(22)25-10-15(21)20-17(19)23/h1-8H,9-10H2,(H3,19,20,21,23). The molecule has 0 aliphatic rings. The zero-order chi connectivity index (χ0) is 18.2. The maximum absolute atomic E-state index is 12.1. The Bertz CT molecular complexity index is 794. The van der Waals surface area contributed by atoms with Gasteiger partial charge in [-0.3, -0.25) is 10.1 Å². The highest BCUT2D eigenvalue weighted by Crippen LogP contribution is 2.22. The SMILES string of the molecule is NC(=O)NC(=O)COC(=O)c1ccccc1OCc1ccccc1Br. The molecule has 130 valence electrons. The fourth-order valence-electron chi connectivity index (χ4n) is 1.91. The first kappa shape index (κ1) is 18.5. The summed E-state index contributed by atoms with van der Waals surface area (Å²) < 4.78 is 11.4. The van der Waals surface area contributed by atoms with Crippen LogP contribution >= 0.6 is 15.9 Å². The third kappa shape index (κ3) is 5.61. The lowest BCUT2D eigenvalue weighted by molar-refractivity contribution is -0.123. The number of hydrogen-bond donors (Lipinski definition) is 2. The lowest BCUT2D eigenvalue weighted by Gasteiger charge is -2.12. The summed E-state index contributed by atoms with van der Waals surface area (Å²) in [4.78, 5) is 34.0. The summed E-state index contributed by atoms with van der Waals surface area (Å²) in [6.45, 7) is -0.381. The van der Waals surface area contributed by atoms with E-state index >= 15 is 0 Å². The molecule has 0 spiro atoms. The van der Waals surface area contributed by atoms with Crippen molar-refractivity contribution in [1.29, 1.82) is 0 Å². The van der Waals surface area contributed by atoms with Gasteiger partial charge in [0.2, 0.25) is 0 Å². The van der Waals surface area contributed by atoms with Gasteiger partial charge in [-0.1, -0.05) is 46.3 Å². The first-order valence-electron chi connectivity index (χ1n) is 7.19. The van der Waals surface area contributed by atoms with Crippen LogP contribution in [0.2, 0.25) is 0 Å². The molecule has 8 heteroatoms. The van der Waals surface area contributed by atoms with Crippen molar-refractivity contribution in [3.8, 4) is 5.75 Å². The van der Waals surface area contributed by atoms with Crippen LogP contribution in [0.1, 0.15) is 15.9 Å². The number of halogens is 1. The van der Waals surface area contributed by atoms with E-state index in [9.17, 15) is 14.4 Å². The van der Waals surface area contributed by atoms with Gasteiger partial charge in [-0.2, -0.15) is 0 Å². The van der Waals surface area contributed by atoms with Crippen molar-refractivity contribution in [1.82, 2.24) is 5.32 Å². The summed E-state index contributed by atoms with van der Waals surface area (Å²) in [6.07, 6.45) is 0. The Morgan fingerprint density at radius 2 is 1.72 bits per heavy atom. The molecule has 0 radical (unpaired) electrons. The van der Waals surface area contributed by atoms with Gasteiger partial charge in [0.1, 0.15) is 17.9 Å². The van der Waals surface area contributed by atoms with Crippen molar-refractivity contribution in [2.75, 3.05) is 6.61 Å². The van der Waals surface area contributed by atoms with Crippen molar-refractivity contribution in [3.05, 3.63) is 64.1 Å². The molecular weight excluding hydrogens is 392 g/mol. The minimum Gasteiger partial charge on any atom is -0.488 e. The van der Waals surface area contributed by atoms with Crippen LogP contribution in [0.4, 0.5) is 4.79 Å². The molecule has 0 fully saturated rings. The van der Waals surface area contributed by atoms with Gasteiger partial charge in [0.05, 0.1) is 0 Å². The third-order valence-corrected chi connectivity index (χ3v) is 3.82. The maximum Gasteiger partial charge on any atom is 0.342 e. The van der Waals surface area contributed by atoms with Crippen molar-refractivity contribution in [3.63, 3.8) is 0 Å². The molecule has 7 nitrogen and oxygen atoms in total. The number of amides is 3. The second kappa shape index (κ2) is 8.84. The number of benzene rings is 2. The Morgan fingerprint density at radius 1 is 1.04 bits per heavy atom. The molecule has 3 N–H and O–H groups in total. The molecule has 0 heterocycles. The molecule has 0 bridgehead atoms. The molecule has 0 aliphatic heterocycles. The molecular formula is C17H15BrN2O5. The average molecular weight is 407 g/mol. The third-order valence-electron chi connectivity index (χ3n) is 3.04. The van der Waals surface area contributed by atoms with E-state index in [2.05, 4.69) is 15.9 Å². The van der Waals surface area contributed by atoms with Crippen molar-refractivity contribution >= 4 is 33.8 Å². The van der Waals surface area contributed by atoms with E-state index in [4.69, 9.17) is 15.2 Å². The van der Waals surface area contributed by atoms with Gasteiger partial charge < -0.3 is 15.2 Å².